The van der Waals surface area contributed by atoms with Gasteiger partial charge in [0.2, 0.25) is 5.91 Å². The number of carboxylic acid groups (broad SMARTS) is 1. The van der Waals surface area contributed by atoms with Crippen LogP contribution in [-0.2, 0) is 4.79 Å². The van der Waals surface area contributed by atoms with Gasteiger partial charge in [0.25, 0.3) is 0 Å². The van der Waals surface area contributed by atoms with Crippen molar-refractivity contribution in [2.75, 3.05) is 26.2 Å². The highest BCUT2D eigenvalue weighted by Gasteiger charge is 2.69. The number of rotatable bonds is 7. The molecule has 1 aliphatic heterocycles. The number of likely N-dealkylation sites (tertiary alicyclic amines) is 1. The molecular formula is C50H75FN2O3. The number of carbonyl (C=O) groups excluding carboxylic acids is 1. The molecule has 5 nitrogen and oxygen atoms in total. The predicted molar refractivity (Wildman–Crippen MR) is 232 cm³/mol. The Labute approximate surface area is 341 Å². The molecule has 56 heavy (non-hydrogen) atoms. The van der Waals surface area contributed by atoms with Gasteiger partial charge in [0, 0.05) is 38.2 Å². The Morgan fingerprint density at radius 2 is 1.54 bits per heavy atom. The van der Waals surface area contributed by atoms with E-state index in [4.69, 9.17) is 0 Å². The molecule has 1 aromatic rings. The van der Waals surface area contributed by atoms with Crippen LogP contribution in [0.15, 0.2) is 36.9 Å². The first-order chi connectivity index (χ1) is 26.7. The Kier molecular flexibility index (Phi) is 16.3. The van der Waals surface area contributed by atoms with Gasteiger partial charge in [-0.3, -0.25) is 4.79 Å². The van der Waals surface area contributed by atoms with Gasteiger partial charge >= 0.3 is 5.97 Å². The Hall–Kier alpha value is -3.35. The molecule has 7 rings (SSSR count). The maximum atomic E-state index is 15.4. The molecule has 5 aliphatic carbocycles. The van der Waals surface area contributed by atoms with Crippen LogP contribution in [0.3, 0.4) is 0 Å². The number of hydrogen-bond acceptors (Lipinski definition) is 3. The second-order valence-electron chi connectivity index (χ2n) is 18.5. The first kappa shape index (κ1) is 47.0. The minimum absolute atomic E-state index is 0.00547. The standard InChI is InChI=1S/C41H59FN2O3.C3H6.C2H6.2C2H2/c1-37(2)29(28-11-10-27(36(46)47)25-32(28)42)14-18-38(3)33(37)15-19-40(5)34(38)13-12-30-31-9-8-17-41(31,21-20-39(30,40)4)26-43-22-16-35(45)44-23-6-7-24-44;1-3-2;3*1-2/h10-11,14,25,30-31,33-34,43H,6-9,12-13,15-24,26H2,1-5H3,(H,46,47);3H,1H2,2H3;1-2H3;2*1-2H/t30-,31?,33?,34?,38+,39-,40-,41-;;;;/m1..../s1. The summed E-state index contributed by atoms with van der Waals surface area (Å²) in [6, 6.07) is 4.45. The number of terminal acetylenes is 2. The average Bonchev–Trinajstić information content (AvgIpc) is 3.88. The first-order valence-corrected chi connectivity index (χ1v) is 21.6. The van der Waals surface area contributed by atoms with Crippen LogP contribution < -0.4 is 5.32 Å². The smallest absolute Gasteiger partial charge is 0.335 e. The van der Waals surface area contributed by atoms with Crippen LogP contribution in [-0.4, -0.2) is 48.1 Å². The van der Waals surface area contributed by atoms with Crippen LogP contribution in [0.4, 0.5) is 4.39 Å². The number of hydrogen-bond donors (Lipinski definition) is 2. The second-order valence-corrected chi connectivity index (χ2v) is 18.5. The number of aromatic carboxylic acids is 1. The van der Waals surface area contributed by atoms with Crippen molar-refractivity contribution in [1.82, 2.24) is 10.2 Å². The lowest BCUT2D eigenvalue weighted by Gasteiger charge is -2.72. The van der Waals surface area contributed by atoms with Gasteiger partial charge in [0.05, 0.1) is 5.56 Å². The minimum atomic E-state index is -1.09. The van der Waals surface area contributed by atoms with E-state index in [1.54, 1.807) is 18.2 Å². The molecule has 6 aliphatic rings. The zero-order valence-corrected chi connectivity index (χ0v) is 36.3. The average molecular weight is 771 g/mol. The highest BCUT2D eigenvalue weighted by atomic mass is 19.1. The fraction of sp³-hybridized carbons (Fsp3) is 0.680. The Morgan fingerprint density at radius 1 is 0.893 bits per heavy atom. The fourth-order valence-corrected chi connectivity index (χ4v) is 13.6. The summed E-state index contributed by atoms with van der Waals surface area (Å²) < 4.78 is 15.4. The number of amides is 1. The fourth-order valence-electron chi connectivity index (χ4n) is 13.6. The maximum Gasteiger partial charge on any atom is 0.335 e. The zero-order valence-electron chi connectivity index (χ0n) is 36.3. The summed E-state index contributed by atoms with van der Waals surface area (Å²) in [5.74, 6) is 1.44. The highest BCUT2D eigenvalue weighted by molar-refractivity contribution is 5.88. The summed E-state index contributed by atoms with van der Waals surface area (Å²) in [4.78, 5) is 26.2. The zero-order chi connectivity index (χ0) is 42.1. The second kappa shape index (κ2) is 19.4. The highest BCUT2D eigenvalue weighted by Crippen LogP contribution is 2.77. The molecule has 310 valence electrons. The molecule has 3 unspecified atom stereocenters. The molecule has 4 saturated carbocycles. The maximum absolute atomic E-state index is 15.4. The number of carbonyl (C=O) groups is 2. The van der Waals surface area contributed by atoms with Gasteiger partial charge in [-0.1, -0.05) is 73.1 Å². The molecule has 1 aromatic carbocycles. The summed E-state index contributed by atoms with van der Waals surface area (Å²) in [5, 5.41) is 13.2. The monoisotopic (exact) mass is 771 g/mol. The van der Waals surface area contributed by atoms with E-state index in [1.807, 2.05) is 20.8 Å². The van der Waals surface area contributed by atoms with Crippen molar-refractivity contribution in [3.63, 3.8) is 0 Å². The van der Waals surface area contributed by atoms with Crippen LogP contribution >= 0.6 is 0 Å². The summed E-state index contributed by atoms with van der Waals surface area (Å²) in [6.45, 7) is 25.6. The number of allylic oxidation sites excluding steroid dienone is 3. The topological polar surface area (TPSA) is 69.6 Å². The number of carboxylic acids is 1. The van der Waals surface area contributed by atoms with E-state index in [9.17, 15) is 14.7 Å². The Bertz CT molecular complexity index is 1580. The molecule has 0 spiro atoms. The number of benzene rings is 1. The van der Waals surface area contributed by atoms with Gasteiger partial charge in [-0.25, -0.2) is 9.18 Å². The SMILES string of the molecule is C#C.C#C.C=CC.CC.CC1(C)C(c2ccc(C(=O)O)cc2F)=CC[C@@]2(C)C1CC[C@]1(C)C2CC[C@@H]2C3CCC[C@]3(CNCCC(=O)N3CCCC3)CC[C@]21C. The number of nitrogens with one attached hydrogen (secondary N) is 1. The van der Waals surface area contributed by atoms with Gasteiger partial charge in [-0.2, -0.15) is 0 Å². The van der Waals surface area contributed by atoms with Crippen LogP contribution in [0.2, 0.25) is 0 Å². The molecule has 1 heterocycles. The van der Waals surface area contributed by atoms with E-state index in [0.717, 1.165) is 69.3 Å². The number of fused-ring (bicyclic) bond motifs is 7. The third-order valence-corrected chi connectivity index (χ3v) is 16.1. The largest absolute Gasteiger partial charge is 0.478 e. The predicted octanol–water partition coefficient (Wildman–Crippen LogP) is 11.7. The lowest BCUT2D eigenvalue weighted by atomic mass is 9.32. The third kappa shape index (κ3) is 8.30. The molecule has 6 heteroatoms. The van der Waals surface area contributed by atoms with Crippen molar-refractivity contribution < 1.29 is 19.1 Å². The molecule has 8 atom stereocenters. The molecule has 5 fully saturated rings. The molecule has 0 bridgehead atoms. The Morgan fingerprint density at radius 3 is 2.14 bits per heavy atom. The van der Waals surface area contributed by atoms with Crippen LogP contribution in [0.1, 0.15) is 155 Å². The van der Waals surface area contributed by atoms with Crippen molar-refractivity contribution in [2.24, 2.45) is 50.7 Å². The lowest BCUT2D eigenvalue weighted by Crippen LogP contribution is -2.65. The van der Waals surface area contributed by atoms with Gasteiger partial charge in [-0.05, 0) is 146 Å². The van der Waals surface area contributed by atoms with Crippen LogP contribution in [0, 0.1) is 82.3 Å². The van der Waals surface area contributed by atoms with Crippen LogP contribution in [0.25, 0.3) is 5.57 Å². The normalized spacial score (nSPS) is 34.4. The molecule has 0 radical (unpaired) electrons. The minimum Gasteiger partial charge on any atom is -0.478 e. The van der Waals surface area contributed by atoms with E-state index in [-0.39, 0.29) is 21.8 Å². The molecule has 1 amide bonds. The summed E-state index contributed by atoms with van der Waals surface area (Å²) in [7, 11) is 0. The van der Waals surface area contributed by atoms with Gasteiger partial charge in [-0.15, -0.1) is 32.3 Å². The molecular weight excluding hydrogens is 696 g/mol. The van der Waals surface area contributed by atoms with Crippen molar-refractivity contribution in [1.29, 1.82) is 0 Å². The molecule has 1 saturated heterocycles. The van der Waals surface area contributed by atoms with Gasteiger partial charge < -0.3 is 15.3 Å². The third-order valence-electron chi connectivity index (χ3n) is 16.1. The van der Waals surface area contributed by atoms with E-state index < -0.39 is 11.8 Å². The Balaban J connectivity index is 0.000000867. The lowest BCUT2D eigenvalue weighted by molar-refractivity contribution is -0.222. The first-order valence-electron chi connectivity index (χ1n) is 21.6. The van der Waals surface area contributed by atoms with Crippen molar-refractivity contribution in [3.05, 3.63) is 53.9 Å². The van der Waals surface area contributed by atoms with E-state index in [0.29, 0.717) is 40.6 Å². The molecule has 0 aromatic heterocycles. The number of nitrogens with zero attached hydrogens (tertiary/aromatic N) is 1. The summed E-state index contributed by atoms with van der Waals surface area (Å²) in [6.07, 6.45) is 35.7. The summed E-state index contributed by atoms with van der Waals surface area (Å²) >= 11 is 0. The van der Waals surface area contributed by atoms with Crippen LogP contribution in [0.5, 0.6) is 0 Å². The quantitative estimate of drug-likeness (QED) is 0.165. The number of halogens is 1. The van der Waals surface area contributed by atoms with E-state index in [2.05, 4.69) is 83.2 Å². The van der Waals surface area contributed by atoms with Crippen molar-refractivity contribution >= 4 is 17.4 Å². The molecule has 2 N–H and O–H groups in total. The van der Waals surface area contributed by atoms with E-state index in [1.165, 1.54) is 57.4 Å². The van der Waals surface area contributed by atoms with E-state index >= 15 is 4.39 Å². The van der Waals surface area contributed by atoms with Crippen molar-refractivity contribution in [3.8, 4) is 25.7 Å². The van der Waals surface area contributed by atoms with Gasteiger partial charge in [0.15, 0.2) is 0 Å². The van der Waals surface area contributed by atoms with Crippen molar-refractivity contribution in [2.45, 2.75) is 139 Å². The summed E-state index contributed by atoms with van der Waals surface area (Å²) in [5.41, 5.74) is 2.57. The van der Waals surface area contributed by atoms with Gasteiger partial charge in [0.1, 0.15) is 5.82 Å².